The van der Waals surface area contributed by atoms with Gasteiger partial charge in [0, 0.05) is 21.8 Å². The minimum absolute atomic E-state index is 0. The number of nitrogens with zero attached hydrogens (tertiary/aromatic N) is 1. The molecule has 0 fully saturated rings. The van der Waals surface area contributed by atoms with Crippen LogP contribution in [0.3, 0.4) is 0 Å². The number of halogens is 2. The Labute approximate surface area is 161 Å². The lowest BCUT2D eigenvalue weighted by Crippen LogP contribution is -2.22. The van der Waals surface area contributed by atoms with Gasteiger partial charge in [-0.25, -0.2) is 4.99 Å². The maximum Gasteiger partial charge on any atom is 0.193 e. The van der Waals surface area contributed by atoms with Gasteiger partial charge in [-0.05, 0) is 30.3 Å². The smallest absolute Gasteiger partial charge is 0.193 e. The highest BCUT2D eigenvalue weighted by Crippen LogP contribution is 2.23. The Hall–Kier alpha value is -1.48. The summed E-state index contributed by atoms with van der Waals surface area (Å²) in [6, 6.07) is 13.3. The predicted molar refractivity (Wildman–Crippen MR) is 108 cm³/mol. The van der Waals surface area contributed by atoms with Gasteiger partial charge in [0.1, 0.15) is 11.5 Å². The van der Waals surface area contributed by atoms with Gasteiger partial charge >= 0.3 is 0 Å². The zero-order chi connectivity index (χ0) is 15.9. The molecule has 0 amide bonds. The molecule has 2 rings (SSSR count). The van der Waals surface area contributed by atoms with Crippen LogP contribution in [0.25, 0.3) is 0 Å². The molecule has 2 aromatic rings. The molecule has 0 bridgehead atoms. The number of guanidine groups is 1. The van der Waals surface area contributed by atoms with Crippen LogP contribution in [-0.4, -0.2) is 20.2 Å². The average molecular weight is 492 g/mol. The van der Waals surface area contributed by atoms with Crippen molar-refractivity contribution in [3.63, 3.8) is 0 Å². The molecular weight excluding hydrogens is 473 g/mol. The highest BCUT2D eigenvalue weighted by molar-refractivity contribution is 14.0. The molecule has 0 radical (unpaired) electrons. The Bertz CT molecular complexity index is 680. The number of nitrogens with one attached hydrogen (secondary N) is 1. The molecular formula is C16H19BrIN3O2. The minimum atomic E-state index is 0. The van der Waals surface area contributed by atoms with Gasteiger partial charge in [-0.2, -0.15) is 0 Å². The third-order valence-corrected chi connectivity index (χ3v) is 3.50. The molecule has 3 N–H and O–H groups in total. The molecule has 0 saturated heterocycles. The van der Waals surface area contributed by atoms with Crippen LogP contribution >= 0.6 is 39.9 Å². The maximum atomic E-state index is 5.92. The lowest BCUT2D eigenvalue weighted by atomic mass is 10.2. The van der Waals surface area contributed by atoms with E-state index in [4.69, 9.17) is 15.2 Å². The standard InChI is InChI=1S/C16H18BrN3O2.HI/c1-21-14-5-3-4-13(9-14)20-16(18)19-10-11-8-12(17)6-7-15(11)22-2;/h3-9H,10H2,1-2H3,(H3,18,19,20);1H. The van der Waals surface area contributed by atoms with E-state index in [0.29, 0.717) is 12.5 Å². The number of nitrogens with two attached hydrogens (primary N) is 1. The molecule has 0 aliphatic rings. The van der Waals surface area contributed by atoms with Crippen molar-refractivity contribution < 1.29 is 9.47 Å². The van der Waals surface area contributed by atoms with Crippen LogP contribution in [0.4, 0.5) is 5.69 Å². The van der Waals surface area contributed by atoms with Gasteiger partial charge in [0.15, 0.2) is 5.96 Å². The first kappa shape index (κ1) is 19.6. The van der Waals surface area contributed by atoms with Gasteiger partial charge in [0.2, 0.25) is 0 Å². The lowest BCUT2D eigenvalue weighted by Gasteiger charge is -2.09. The van der Waals surface area contributed by atoms with Gasteiger partial charge in [0.25, 0.3) is 0 Å². The number of ether oxygens (including phenoxy) is 2. The minimum Gasteiger partial charge on any atom is -0.497 e. The zero-order valence-electron chi connectivity index (χ0n) is 12.9. The summed E-state index contributed by atoms with van der Waals surface area (Å²) in [6.45, 7) is 0.422. The zero-order valence-corrected chi connectivity index (χ0v) is 16.8. The molecule has 124 valence electrons. The highest BCUT2D eigenvalue weighted by atomic mass is 127. The van der Waals surface area contributed by atoms with Crippen LogP contribution in [-0.2, 0) is 6.54 Å². The van der Waals surface area contributed by atoms with Gasteiger partial charge in [-0.3, -0.25) is 0 Å². The quantitative estimate of drug-likeness (QED) is 0.376. The molecule has 7 heteroatoms. The number of anilines is 1. The van der Waals surface area contributed by atoms with Gasteiger partial charge in [0.05, 0.1) is 20.8 Å². The number of methoxy groups -OCH3 is 2. The highest BCUT2D eigenvalue weighted by Gasteiger charge is 2.04. The molecule has 2 aromatic carbocycles. The van der Waals surface area contributed by atoms with Crippen molar-refractivity contribution in [1.82, 2.24) is 0 Å². The lowest BCUT2D eigenvalue weighted by molar-refractivity contribution is 0.410. The van der Waals surface area contributed by atoms with E-state index in [1.165, 1.54) is 0 Å². The van der Waals surface area contributed by atoms with E-state index in [1.54, 1.807) is 14.2 Å². The summed E-state index contributed by atoms with van der Waals surface area (Å²) in [5.74, 6) is 1.86. The molecule has 0 aromatic heterocycles. The summed E-state index contributed by atoms with van der Waals surface area (Å²) in [5.41, 5.74) is 7.69. The number of hydrogen-bond acceptors (Lipinski definition) is 3. The van der Waals surface area contributed by atoms with E-state index in [0.717, 1.165) is 27.2 Å². The summed E-state index contributed by atoms with van der Waals surface area (Å²) < 4.78 is 11.5. The predicted octanol–water partition coefficient (Wildman–Crippen LogP) is 4.01. The van der Waals surface area contributed by atoms with Crippen molar-refractivity contribution in [2.24, 2.45) is 10.7 Å². The average Bonchev–Trinajstić information content (AvgIpc) is 2.53. The van der Waals surface area contributed by atoms with E-state index in [2.05, 4.69) is 26.2 Å². The first-order valence-electron chi connectivity index (χ1n) is 6.66. The normalized spacial score (nSPS) is 10.7. The molecule has 0 unspecified atom stereocenters. The first-order chi connectivity index (χ1) is 10.6. The van der Waals surface area contributed by atoms with Crippen LogP contribution in [0.5, 0.6) is 11.5 Å². The SMILES string of the molecule is COc1cccc(NC(N)=NCc2cc(Br)ccc2OC)c1.I. The van der Waals surface area contributed by atoms with Crippen molar-refractivity contribution in [1.29, 1.82) is 0 Å². The summed E-state index contributed by atoms with van der Waals surface area (Å²) >= 11 is 3.44. The van der Waals surface area contributed by atoms with Crippen molar-refractivity contribution >= 4 is 51.6 Å². The van der Waals surface area contributed by atoms with Gasteiger partial charge < -0.3 is 20.5 Å². The van der Waals surface area contributed by atoms with Crippen LogP contribution in [0.2, 0.25) is 0 Å². The van der Waals surface area contributed by atoms with Crippen molar-refractivity contribution in [2.45, 2.75) is 6.54 Å². The molecule has 0 aliphatic carbocycles. The fourth-order valence-corrected chi connectivity index (χ4v) is 2.34. The van der Waals surface area contributed by atoms with Crippen LogP contribution in [0.15, 0.2) is 51.9 Å². The second kappa shape index (κ2) is 9.61. The molecule has 0 spiro atoms. The Morgan fingerprint density at radius 1 is 1.17 bits per heavy atom. The van der Waals surface area contributed by atoms with Crippen LogP contribution < -0.4 is 20.5 Å². The van der Waals surface area contributed by atoms with Gasteiger partial charge in [-0.1, -0.05) is 22.0 Å². The molecule has 0 heterocycles. The van der Waals surface area contributed by atoms with Crippen molar-refractivity contribution in [3.8, 4) is 11.5 Å². The maximum absolute atomic E-state index is 5.92. The Balaban J connectivity index is 0.00000264. The number of aliphatic imine (C=N–C) groups is 1. The van der Waals surface area contributed by atoms with Crippen LogP contribution in [0.1, 0.15) is 5.56 Å². The summed E-state index contributed by atoms with van der Waals surface area (Å²) in [7, 11) is 3.25. The van der Waals surface area contributed by atoms with Crippen LogP contribution in [0, 0.1) is 0 Å². The third-order valence-electron chi connectivity index (χ3n) is 3.00. The summed E-state index contributed by atoms with van der Waals surface area (Å²) in [5, 5.41) is 3.03. The number of rotatable bonds is 5. The monoisotopic (exact) mass is 491 g/mol. The Kier molecular flexibility index (Phi) is 8.18. The summed E-state index contributed by atoms with van der Waals surface area (Å²) in [6.07, 6.45) is 0. The van der Waals surface area contributed by atoms with E-state index in [1.807, 2.05) is 42.5 Å². The third kappa shape index (κ3) is 5.91. The van der Waals surface area contributed by atoms with Gasteiger partial charge in [-0.15, -0.1) is 24.0 Å². The molecule has 0 aliphatic heterocycles. The molecule has 0 atom stereocenters. The fraction of sp³-hybridized carbons (Fsp3) is 0.188. The Morgan fingerprint density at radius 3 is 2.65 bits per heavy atom. The first-order valence-corrected chi connectivity index (χ1v) is 7.45. The largest absolute Gasteiger partial charge is 0.497 e. The van der Waals surface area contributed by atoms with E-state index in [-0.39, 0.29) is 24.0 Å². The number of hydrogen-bond donors (Lipinski definition) is 2. The second-order valence-electron chi connectivity index (χ2n) is 4.51. The fourth-order valence-electron chi connectivity index (χ4n) is 1.93. The number of benzene rings is 2. The molecule has 23 heavy (non-hydrogen) atoms. The van der Waals surface area contributed by atoms with Crippen molar-refractivity contribution in [2.75, 3.05) is 19.5 Å². The van der Waals surface area contributed by atoms with E-state index >= 15 is 0 Å². The summed E-state index contributed by atoms with van der Waals surface area (Å²) in [4.78, 5) is 4.34. The Morgan fingerprint density at radius 2 is 1.96 bits per heavy atom. The van der Waals surface area contributed by atoms with E-state index < -0.39 is 0 Å². The van der Waals surface area contributed by atoms with Crippen molar-refractivity contribution in [3.05, 3.63) is 52.5 Å². The topological polar surface area (TPSA) is 68.9 Å². The second-order valence-corrected chi connectivity index (χ2v) is 5.43. The molecule has 5 nitrogen and oxygen atoms in total. The molecule has 0 saturated carbocycles. The van der Waals surface area contributed by atoms with E-state index in [9.17, 15) is 0 Å².